The van der Waals surface area contributed by atoms with Crippen LogP contribution in [0.4, 0.5) is 0 Å². The van der Waals surface area contributed by atoms with E-state index in [9.17, 15) is 0 Å². The van der Waals surface area contributed by atoms with Crippen LogP contribution >= 0.6 is 11.3 Å². The highest BCUT2D eigenvalue weighted by atomic mass is 32.1. The molecule has 0 nitrogen and oxygen atoms in total. The predicted molar refractivity (Wildman–Crippen MR) is 215 cm³/mol. The molecule has 11 rings (SSSR count). The van der Waals surface area contributed by atoms with Gasteiger partial charge in [-0.25, -0.2) is 0 Å². The van der Waals surface area contributed by atoms with Crippen LogP contribution in [0.1, 0.15) is 0 Å². The summed E-state index contributed by atoms with van der Waals surface area (Å²) >= 11 is 1.90. The van der Waals surface area contributed by atoms with E-state index in [1.165, 1.54) is 107 Å². The number of fused-ring (bicyclic) bond motifs is 12. The minimum atomic E-state index is 1.26. The van der Waals surface area contributed by atoms with E-state index in [1.807, 2.05) is 11.3 Å². The molecule has 0 amide bonds. The van der Waals surface area contributed by atoms with Crippen molar-refractivity contribution in [2.75, 3.05) is 0 Å². The first kappa shape index (κ1) is 27.0. The zero-order chi connectivity index (χ0) is 32.1. The summed E-state index contributed by atoms with van der Waals surface area (Å²) in [7, 11) is 0. The smallest absolute Gasteiger partial charge is 0.0433 e. The van der Waals surface area contributed by atoms with Crippen molar-refractivity contribution in [2.24, 2.45) is 0 Å². The van der Waals surface area contributed by atoms with Gasteiger partial charge in [0.25, 0.3) is 0 Å². The molecule has 1 heteroatoms. The van der Waals surface area contributed by atoms with Gasteiger partial charge >= 0.3 is 0 Å². The van der Waals surface area contributed by atoms with Gasteiger partial charge in [-0.3, -0.25) is 0 Å². The maximum absolute atomic E-state index is 2.44. The van der Waals surface area contributed by atoms with Crippen LogP contribution in [-0.4, -0.2) is 0 Å². The summed E-state index contributed by atoms with van der Waals surface area (Å²) in [6.45, 7) is 0. The highest BCUT2D eigenvalue weighted by Gasteiger charge is 2.20. The average Bonchev–Trinajstić information content (AvgIpc) is 3.55. The van der Waals surface area contributed by atoms with Crippen LogP contribution in [0, 0.1) is 0 Å². The first-order chi connectivity index (χ1) is 24.3. The van der Waals surface area contributed by atoms with E-state index in [1.54, 1.807) is 0 Å². The van der Waals surface area contributed by atoms with Crippen molar-refractivity contribution in [1.82, 2.24) is 0 Å². The maximum atomic E-state index is 2.44. The van der Waals surface area contributed by atoms with Crippen molar-refractivity contribution < 1.29 is 0 Å². The molecular weight excluding hydrogens is 609 g/mol. The van der Waals surface area contributed by atoms with Gasteiger partial charge in [0, 0.05) is 20.2 Å². The van der Waals surface area contributed by atoms with E-state index in [-0.39, 0.29) is 0 Å². The molecule has 0 bridgehead atoms. The van der Waals surface area contributed by atoms with Crippen molar-refractivity contribution in [3.8, 4) is 22.3 Å². The van der Waals surface area contributed by atoms with Crippen molar-refractivity contribution in [1.29, 1.82) is 0 Å². The number of benzene rings is 10. The Labute approximate surface area is 287 Å². The number of hydrogen-bond acceptors (Lipinski definition) is 1. The molecule has 0 N–H and O–H groups in total. The van der Waals surface area contributed by atoms with Crippen LogP contribution in [0.5, 0.6) is 0 Å². The molecule has 11 aromatic rings. The minimum Gasteiger partial charge on any atom is -0.135 e. The molecule has 0 spiro atoms. The van der Waals surface area contributed by atoms with Gasteiger partial charge in [0.15, 0.2) is 0 Å². The molecule has 10 aromatic carbocycles. The number of thiophene rings is 1. The van der Waals surface area contributed by atoms with Crippen LogP contribution in [0.15, 0.2) is 170 Å². The lowest BCUT2D eigenvalue weighted by atomic mass is 9.83. The molecule has 226 valence electrons. The largest absolute Gasteiger partial charge is 0.135 e. The summed E-state index contributed by atoms with van der Waals surface area (Å²) in [6.07, 6.45) is 0. The van der Waals surface area contributed by atoms with E-state index in [0.717, 1.165) is 0 Å². The fourth-order valence-electron chi connectivity index (χ4n) is 8.47. The molecular formula is C48H28S. The maximum Gasteiger partial charge on any atom is 0.0433 e. The average molecular weight is 637 g/mol. The van der Waals surface area contributed by atoms with Gasteiger partial charge in [-0.1, -0.05) is 152 Å². The minimum absolute atomic E-state index is 1.26. The summed E-state index contributed by atoms with van der Waals surface area (Å²) in [5.74, 6) is 0. The lowest BCUT2D eigenvalue weighted by Crippen LogP contribution is -1.92. The van der Waals surface area contributed by atoms with Gasteiger partial charge in [-0.05, 0) is 105 Å². The Balaban J connectivity index is 1.24. The Kier molecular flexibility index (Phi) is 5.64. The van der Waals surface area contributed by atoms with E-state index in [0.29, 0.717) is 0 Å². The van der Waals surface area contributed by atoms with Gasteiger partial charge in [-0.2, -0.15) is 0 Å². The standard InChI is InChI=1S/C48H28S/c1-3-13-33-29(11-1)21-22-31-28-43(35-15-5-6-16-36(35)45(31)33)47-39-19-9-7-17-37(39)46(38-18-8-10-20-40(38)47)32-24-26-44-42(27-32)41-25-23-30-12-2-4-14-34(30)48(41)49-44/h1-28H. The molecule has 0 saturated heterocycles. The highest BCUT2D eigenvalue weighted by molar-refractivity contribution is 7.26. The molecule has 49 heavy (non-hydrogen) atoms. The molecule has 0 radical (unpaired) electrons. The third kappa shape index (κ3) is 3.85. The second-order valence-electron chi connectivity index (χ2n) is 13.2. The molecule has 0 aliphatic rings. The summed E-state index contributed by atoms with van der Waals surface area (Å²) in [5.41, 5.74) is 5.14. The van der Waals surface area contributed by atoms with Crippen molar-refractivity contribution in [2.45, 2.75) is 0 Å². The second kappa shape index (κ2) is 10.2. The Morgan fingerprint density at radius 2 is 0.837 bits per heavy atom. The molecule has 1 aromatic heterocycles. The molecule has 0 saturated carbocycles. The van der Waals surface area contributed by atoms with Crippen LogP contribution in [0.3, 0.4) is 0 Å². The first-order valence-corrected chi connectivity index (χ1v) is 17.7. The number of rotatable bonds is 2. The Morgan fingerprint density at radius 1 is 0.306 bits per heavy atom. The zero-order valence-electron chi connectivity index (χ0n) is 26.6. The Hall–Kier alpha value is -6.02. The third-order valence-corrected chi connectivity index (χ3v) is 11.8. The van der Waals surface area contributed by atoms with E-state index >= 15 is 0 Å². The fourth-order valence-corrected chi connectivity index (χ4v) is 9.69. The van der Waals surface area contributed by atoms with Crippen LogP contribution in [0.2, 0.25) is 0 Å². The Morgan fingerprint density at radius 3 is 1.55 bits per heavy atom. The van der Waals surface area contributed by atoms with Crippen LogP contribution in [-0.2, 0) is 0 Å². The monoisotopic (exact) mass is 636 g/mol. The summed E-state index contributed by atoms with van der Waals surface area (Å²) in [4.78, 5) is 0. The topological polar surface area (TPSA) is 0 Å². The lowest BCUT2D eigenvalue weighted by Gasteiger charge is -2.20. The van der Waals surface area contributed by atoms with E-state index in [4.69, 9.17) is 0 Å². The van der Waals surface area contributed by atoms with Gasteiger partial charge in [-0.15, -0.1) is 11.3 Å². The summed E-state index contributed by atoms with van der Waals surface area (Å²) in [5, 5.41) is 18.2. The molecule has 0 fully saturated rings. The molecule has 0 unspecified atom stereocenters. The van der Waals surface area contributed by atoms with E-state index in [2.05, 4.69) is 170 Å². The van der Waals surface area contributed by atoms with Crippen molar-refractivity contribution in [3.63, 3.8) is 0 Å². The zero-order valence-corrected chi connectivity index (χ0v) is 27.4. The van der Waals surface area contributed by atoms with Gasteiger partial charge in [0.2, 0.25) is 0 Å². The normalized spacial score (nSPS) is 12.1. The SMILES string of the molecule is c1ccc2c(c1)ccc1c3cc(-c4c5ccccc5c(-c5cc6ccc7ccccc7c6c6ccccc56)c5ccccc45)ccc3sc21. The summed E-state index contributed by atoms with van der Waals surface area (Å²) in [6, 6.07) is 63.3. The quantitative estimate of drug-likeness (QED) is 0.131. The molecule has 0 atom stereocenters. The van der Waals surface area contributed by atoms with Crippen LogP contribution < -0.4 is 0 Å². The molecule has 0 aliphatic heterocycles. The summed E-state index contributed by atoms with van der Waals surface area (Å²) < 4.78 is 2.70. The molecule has 1 heterocycles. The van der Waals surface area contributed by atoms with Gasteiger partial charge in [0.1, 0.15) is 0 Å². The van der Waals surface area contributed by atoms with Crippen molar-refractivity contribution >= 4 is 96.1 Å². The van der Waals surface area contributed by atoms with Gasteiger partial charge < -0.3 is 0 Å². The second-order valence-corrected chi connectivity index (χ2v) is 14.2. The van der Waals surface area contributed by atoms with Crippen LogP contribution in [0.25, 0.3) is 107 Å². The first-order valence-electron chi connectivity index (χ1n) is 16.9. The van der Waals surface area contributed by atoms with Gasteiger partial charge in [0.05, 0.1) is 0 Å². The Bertz CT molecular complexity index is 3100. The fraction of sp³-hybridized carbons (Fsp3) is 0. The van der Waals surface area contributed by atoms with E-state index < -0.39 is 0 Å². The molecule has 0 aliphatic carbocycles. The van der Waals surface area contributed by atoms with Crippen molar-refractivity contribution in [3.05, 3.63) is 170 Å². The predicted octanol–water partition coefficient (Wildman–Crippen LogP) is 14.3. The number of hydrogen-bond donors (Lipinski definition) is 0. The highest BCUT2D eigenvalue weighted by Crippen LogP contribution is 2.48. The lowest BCUT2D eigenvalue weighted by molar-refractivity contribution is 1.70. The third-order valence-electron chi connectivity index (χ3n) is 10.6.